The van der Waals surface area contributed by atoms with Crippen LogP contribution >= 0.6 is 11.6 Å². The Morgan fingerprint density at radius 2 is 2.05 bits per heavy atom. The van der Waals surface area contributed by atoms with E-state index in [0.717, 1.165) is 12.8 Å². The first-order valence-electron chi connectivity index (χ1n) is 6.31. The van der Waals surface area contributed by atoms with Crippen LogP contribution in [0.4, 0.5) is 10.1 Å². The smallest absolute Gasteiger partial charge is 0.275 e. The summed E-state index contributed by atoms with van der Waals surface area (Å²) >= 11 is 6.19. The molecule has 0 aliphatic carbocycles. The Hall–Kier alpha value is -1.88. The van der Waals surface area contributed by atoms with Gasteiger partial charge < -0.3 is 5.32 Å². The third-order valence-corrected chi connectivity index (χ3v) is 3.26. The average molecular weight is 296 g/mol. The topological polar surface area (TPSA) is 46.9 Å². The van der Waals surface area contributed by atoms with E-state index in [1.165, 1.54) is 28.9 Å². The second-order valence-corrected chi connectivity index (χ2v) is 4.82. The maximum atomic E-state index is 12.8. The lowest BCUT2D eigenvalue weighted by atomic mass is 10.2. The highest BCUT2D eigenvalue weighted by molar-refractivity contribution is 6.34. The van der Waals surface area contributed by atoms with Crippen molar-refractivity contribution in [1.29, 1.82) is 0 Å². The fraction of sp³-hybridized carbons (Fsp3) is 0.286. The maximum absolute atomic E-state index is 12.8. The van der Waals surface area contributed by atoms with Crippen molar-refractivity contribution in [1.82, 2.24) is 9.78 Å². The standard InChI is InChI=1S/C14H15ClFN3O/c1-3-4-11-12(15)13(19(2)18-11)14(20)17-10-7-5-9(16)6-8-10/h5-8H,3-4H2,1-2H3,(H,17,20). The number of carbonyl (C=O) groups excluding carboxylic acids is 1. The Kier molecular flexibility index (Phi) is 4.39. The molecule has 0 radical (unpaired) electrons. The number of anilines is 1. The number of aryl methyl sites for hydroxylation is 2. The van der Waals surface area contributed by atoms with Gasteiger partial charge in [-0.25, -0.2) is 4.39 Å². The van der Waals surface area contributed by atoms with E-state index in [0.29, 0.717) is 22.1 Å². The maximum Gasteiger partial charge on any atom is 0.275 e. The van der Waals surface area contributed by atoms with Crippen molar-refractivity contribution in [2.75, 3.05) is 5.32 Å². The Balaban J connectivity index is 2.23. The van der Waals surface area contributed by atoms with E-state index in [2.05, 4.69) is 10.4 Å². The van der Waals surface area contributed by atoms with E-state index in [1.807, 2.05) is 6.92 Å². The minimum absolute atomic E-state index is 0.305. The summed E-state index contributed by atoms with van der Waals surface area (Å²) in [5.41, 5.74) is 1.52. The van der Waals surface area contributed by atoms with Gasteiger partial charge in [0.15, 0.2) is 0 Å². The fourth-order valence-electron chi connectivity index (χ4n) is 1.92. The Bertz CT molecular complexity index is 622. The minimum Gasteiger partial charge on any atom is -0.321 e. The number of hydrogen-bond acceptors (Lipinski definition) is 2. The van der Waals surface area contributed by atoms with Crippen LogP contribution in [0.3, 0.4) is 0 Å². The minimum atomic E-state index is -0.362. The molecule has 0 atom stereocenters. The van der Waals surface area contributed by atoms with Crippen LogP contribution in [-0.4, -0.2) is 15.7 Å². The molecule has 0 spiro atoms. The lowest BCUT2D eigenvalue weighted by molar-refractivity contribution is 0.101. The van der Waals surface area contributed by atoms with Gasteiger partial charge in [0, 0.05) is 12.7 Å². The van der Waals surface area contributed by atoms with Gasteiger partial charge in [-0.2, -0.15) is 5.10 Å². The number of nitrogens with zero attached hydrogens (tertiary/aromatic N) is 2. The van der Waals surface area contributed by atoms with Gasteiger partial charge >= 0.3 is 0 Å². The van der Waals surface area contributed by atoms with Crippen molar-refractivity contribution in [2.45, 2.75) is 19.8 Å². The van der Waals surface area contributed by atoms with E-state index >= 15 is 0 Å². The molecular formula is C14H15ClFN3O. The van der Waals surface area contributed by atoms with Crippen LogP contribution in [0.2, 0.25) is 5.02 Å². The second-order valence-electron chi connectivity index (χ2n) is 4.44. The summed E-state index contributed by atoms with van der Waals surface area (Å²) in [7, 11) is 1.67. The molecule has 1 amide bonds. The van der Waals surface area contributed by atoms with Crippen LogP contribution < -0.4 is 5.32 Å². The van der Waals surface area contributed by atoms with E-state index in [4.69, 9.17) is 11.6 Å². The van der Waals surface area contributed by atoms with Crippen LogP contribution in [0.5, 0.6) is 0 Å². The van der Waals surface area contributed by atoms with Crippen LogP contribution in [0.25, 0.3) is 0 Å². The number of hydrogen-bond donors (Lipinski definition) is 1. The molecule has 1 aromatic heterocycles. The summed E-state index contributed by atoms with van der Waals surface area (Å²) in [6.45, 7) is 2.02. The molecule has 0 unspecified atom stereocenters. The number of benzene rings is 1. The molecule has 106 valence electrons. The molecule has 1 N–H and O–H groups in total. The quantitative estimate of drug-likeness (QED) is 0.939. The molecule has 0 aliphatic rings. The molecular weight excluding hydrogens is 281 g/mol. The predicted octanol–water partition coefficient (Wildman–Crippen LogP) is 3.42. The van der Waals surface area contributed by atoms with Crippen LogP contribution in [0, 0.1) is 5.82 Å². The highest BCUT2D eigenvalue weighted by atomic mass is 35.5. The summed E-state index contributed by atoms with van der Waals surface area (Å²) in [5.74, 6) is -0.717. The fourth-order valence-corrected chi connectivity index (χ4v) is 2.26. The molecule has 0 fully saturated rings. The summed E-state index contributed by atoms with van der Waals surface area (Å²) in [6, 6.07) is 5.54. The first-order chi connectivity index (χ1) is 9.52. The van der Waals surface area contributed by atoms with Crippen molar-refractivity contribution in [3.8, 4) is 0 Å². The summed E-state index contributed by atoms with van der Waals surface area (Å²) < 4.78 is 14.3. The van der Waals surface area contributed by atoms with Gasteiger partial charge in [0.2, 0.25) is 0 Å². The lowest BCUT2D eigenvalue weighted by Crippen LogP contribution is -2.16. The summed E-state index contributed by atoms with van der Waals surface area (Å²) in [4.78, 5) is 12.2. The summed E-state index contributed by atoms with van der Waals surface area (Å²) in [6.07, 6.45) is 1.62. The SMILES string of the molecule is CCCc1nn(C)c(C(=O)Nc2ccc(F)cc2)c1Cl. The lowest BCUT2D eigenvalue weighted by Gasteiger charge is -2.05. The average Bonchev–Trinajstić information content (AvgIpc) is 2.68. The monoisotopic (exact) mass is 295 g/mol. The Morgan fingerprint density at radius 3 is 2.65 bits per heavy atom. The van der Waals surface area contributed by atoms with Crippen molar-refractivity contribution < 1.29 is 9.18 Å². The van der Waals surface area contributed by atoms with Gasteiger partial charge in [-0.3, -0.25) is 9.48 Å². The molecule has 6 heteroatoms. The van der Waals surface area contributed by atoms with Crippen molar-refractivity contribution in [3.63, 3.8) is 0 Å². The molecule has 4 nitrogen and oxygen atoms in total. The second kappa shape index (κ2) is 6.05. The number of rotatable bonds is 4. The van der Waals surface area contributed by atoms with Crippen molar-refractivity contribution in [2.24, 2.45) is 7.05 Å². The Morgan fingerprint density at radius 1 is 1.40 bits per heavy atom. The van der Waals surface area contributed by atoms with Gasteiger partial charge in [-0.05, 0) is 30.7 Å². The zero-order chi connectivity index (χ0) is 14.7. The van der Waals surface area contributed by atoms with Gasteiger partial charge in [-0.15, -0.1) is 0 Å². The number of aromatic nitrogens is 2. The third-order valence-electron chi connectivity index (χ3n) is 2.86. The molecule has 1 heterocycles. The van der Waals surface area contributed by atoms with E-state index < -0.39 is 0 Å². The molecule has 2 aromatic rings. The molecule has 0 saturated heterocycles. The van der Waals surface area contributed by atoms with E-state index in [1.54, 1.807) is 7.05 Å². The van der Waals surface area contributed by atoms with Crippen LogP contribution in [0.1, 0.15) is 29.5 Å². The number of nitrogens with one attached hydrogen (secondary N) is 1. The van der Waals surface area contributed by atoms with Crippen molar-refractivity contribution in [3.05, 3.63) is 46.5 Å². The first-order valence-corrected chi connectivity index (χ1v) is 6.69. The molecule has 2 rings (SSSR count). The third kappa shape index (κ3) is 2.99. The normalized spacial score (nSPS) is 10.6. The molecule has 0 bridgehead atoms. The highest BCUT2D eigenvalue weighted by Crippen LogP contribution is 2.22. The number of amides is 1. The van der Waals surface area contributed by atoms with Crippen LogP contribution in [-0.2, 0) is 13.5 Å². The van der Waals surface area contributed by atoms with Crippen LogP contribution in [0.15, 0.2) is 24.3 Å². The van der Waals surface area contributed by atoms with Gasteiger partial charge in [0.1, 0.15) is 11.5 Å². The molecule has 20 heavy (non-hydrogen) atoms. The van der Waals surface area contributed by atoms with Gasteiger partial charge in [-0.1, -0.05) is 24.9 Å². The zero-order valence-corrected chi connectivity index (χ0v) is 12.0. The largest absolute Gasteiger partial charge is 0.321 e. The molecule has 0 aliphatic heterocycles. The Labute approximate surface area is 121 Å². The van der Waals surface area contributed by atoms with Gasteiger partial charge in [0.05, 0.1) is 10.7 Å². The highest BCUT2D eigenvalue weighted by Gasteiger charge is 2.20. The first kappa shape index (κ1) is 14.5. The van der Waals surface area contributed by atoms with Crippen molar-refractivity contribution >= 4 is 23.2 Å². The molecule has 0 saturated carbocycles. The zero-order valence-electron chi connectivity index (χ0n) is 11.3. The summed E-state index contributed by atoms with van der Waals surface area (Å²) in [5, 5.41) is 7.28. The van der Waals surface area contributed by atoms with E-state index in [9.17, 15) is 9.18 Å². The van der Waals surface area contributed by atoms with Gasteiger partial charge in [0.25, 0.3) is 5.91 Å². The number of halogens is 2. The van der Waals surface area contributed by atoms with E-state index in [-0.39, 0.29) is 11.7 Å². The number of carbonyl (C=O) groups is 1. The predicted molar refractivity (Wildman–Crippen MR) is 76.6 cm³/mol. The molecule has 1 aromatic carbocycles.